The fourth-order valence-corrected chi connectivity index (χ4v) is 4.65. The van der Waals surface area contributed by atoms with Crippen LogP contribution in [0.15, 0.2) is 6.07 Å². The van der Waals surface area contributed by atoms with Crippen LogP contribution in [-0.4, -0.2) is 28.7 Å². The topological polar surface area (TPSA) is 66.9 Å². The van der Waals surface area contributed by atoms with Crippen molar-refractivity contribution in [1.29, 1.82) is 0 Å². The Labute approximate surface area is 156 Å². The minimum absolute atomic E-state index is 0.148. The number of carbonyl (C=O) groups is 1. The van der Waals surface area contributed by atoms with Crippen LogP contribution < -0.4 is 10.6 Å². The Balaban J connectivity index is 1.39. The van der Waals surface area contributed by atoms with Crippen molar-refractivity contribution >= 4 is 33.7 Å². The van der Waals surface area contributed by atoms with E-state index in [9.17, 15) is 18.0 Å². The molecule has 5 nitrogen and oxygen atoms in total. The van der Waals surface area contributed by atoms with Gasteiger partial charge < -0.3 is 5.32 Å². The summed E-state index contributed by atoms with van der Waals surface area (Å²) in [6, 6.07) is 2.33. The predicted octanol–water partition coefficient (Wildman–Crippen LogP) is 4.03. The first-order valence-electron chi connectivity index (χ1n) is 8.37. The molecule has 26 heavy (non-hydrogen) atoms. The van der Waals surface area contributed by atoms with Crippen molar-refractivity contribution in [2.45, 2.75) is 44.3 Å². The minimum atomic E-state index is -4.55. The molecule has 140 valence electrons. The van der Waals surface area contributed by atoms with E-state index in [2.05, 4.69) is 20.8 Å². The van der Waals surface area contributed by atoms with Gasteiger partial charge in [-0.25, -0.2) is 0 Å². The number of nitrogens with zero attached hydrogens (tertiary/aromatic N) is 2. The second-order valence-corrected chi connectivity index (χ2v) is 9.05. The first-order chi connectivity index (χ1) is 12.3. The molecule has 2 N–H and O–H groups in total. The lowest BCUT2D eigenvalue weighted by Crippen LogP contribution is -2.20. The molecule has 2 fully saturated rings. The highest BCUT2D eigenvalue weighted by Gasteiger charge is 2.40. The molecule has 0 spiro atoms. The molecule has 0 radical (unpaired) electrons. The Bertz CT molecular complexity index is 828. The Kier molecular flexibility index (Phi) is 4.52. The molecule has 0 aliphatic heterocycles. The number of aryl methyl sites for hydroxylation is 1. The molecule has 2 aromatic rings. The average Bonchev–Trinajstić information content (AvgIpc) is 3.45. The number of hydrogen-bond acceptors (Lipinski definition) is 6. The highest BCUT2D eigenvalue weighted by molar-refractivity contribution is 7.15. The van der Waals surface area contributed by atoms with Gasteiger partial charge in [0.05, 0.1) is 5.56 Å². The summed E-state index contributed by atoms with van der Waals surface area (Å²) in [4.78, 5) is 14.4. The van der Waals surface area contributed by atoms with Crippen LogP contribution >= 0.6 is 22.7 Å². The molecule has 1 amide bonds. The first kappa shape index (κ1) is 17.9. The molecule has 2 saturated carbocycles. The van der Waals surface area contributed by atoms with Crippen LogP contribution in [0, 0.1) is 12.8 Å². The molecule has 2 aliphatic rings. The van der Waals surface area contributed by atoms with E-state index in [1.54, 1.807) is 11.3 Å². The van der Waals surface area contributed by atoms with E-state index < -0.39 is 17.1 Å². The van der Waals surface area contributed by atoms with E-state index in [0.717, 1.165) is 28.6 Å². The SMILES string of the molecule is Cc1sc(C2CC2NCC2CC2)cc1C(=O)Nc1nnc(C(F)(F)F)s1. The first-order valence-corrected chi connectivity index (χ1v) is 10.0. The van der Waals surface area contributed by atoms with Crippen molar-refractivity contribution in [2.24, 2.45) is 5.92 Å². The maximum Gasteiger partial charge on any atom is 0.445 e. The zero-order valence-corrected chi connectivity index (χ0v) is 15.5. The van der Waals surface area contributed by atoms with Gasteiger partial charge in [-0.15, -0.1) is 21.5 Å². The highest BCUT2D eigenvalue weighted by Crippen LogP contribution is 2.45. The van der Waals surface area contributed by atoms with Gasteiger partial charge in [-0.2, -0.15) is 13.2 Å². The van der Waals surface area contributed by atoms with Crippen LogP contribution in [0.4, 0.5) is 18.3 Å². The molecule has 2 unspecified atom stereocenters. The summed E-state index contributed by atoms with van der Waals surface area (Å²) >= 11 is 1.90. The maximum atomic E-state index is 12.6. The third-order valence-corrected chi connectivity index (χ3v) is 6.66. The lowest BCUT2D eigenvalue weighted by atomic mass is 10.2. The summed E-state index contributed by atoms with van der Waals surface area (Å²) < 4.78 is 37.7. The van der Waals surface area contributed by atoms with Gasteiger partial charge >= 0.3 is 6.18 Å². The number of nitrogens with one attached hydrogen (secondary N) is 2. The van der Waals surface area contributed by atoms with Gasteiger partial charge in [0, 0.05) is 21.7 Å². The third kappa shape index (κ3) is 3.91. The number of carbonyl (C=O) groups excluding carboxylic acids is 1. The van der Waals surface area contributed by atoms with Gasteiger partial charge in [-0.1, -0.05) is 11.3 Å². The van der Waals surface area contributed by atoms with Crippen molar-refractivity contribution in [3.8, 4) is 0 Å². The van der Waals surface area contributed by atoms with E-state index in [1.165, 1.54) is 12.8 Å². The summed E-state index contributed by atoms with van der Waals surface area (Å²) in [6.45, 7) is 2.91. The third-order valence-electron chi connectivity index (χ3n) is 4.59. The van der Waals surface area contributed by atoms with Crippen LogP contribution in [0.2, 0.25) is 0 Å². The predicted molar refractivity (Wildman–Crippen MR) is 93.8 cm³/mol. The second kappa shape index (κ2) is 6.58. The Morgan fingerprint density at radius 3 is 2.73 bits per heavy atom. The number of amides is 1. The van der Waals surface area contributed by atoms with Crippen molar-refractivity contribution in [3.63, 3.8) is 0 Å². The van der Waals surface area contributed by atoms with Gasteiger partial charge in [-0.3, -0.25) is 10.1 Å². The Hall–Kier alpha value is -1.52. The molecule has 2 heterocycles. The molecule has 4 rings (SSSR count). The van der Waals surface area contributed by atoms with Crippen molar-refractivity contribution in [3.05, 3.63) is 26.4 Å². The van der Waals surface area contributed by atoms with Crippen LogP contribution in [0.25, 0.3) is 0 Å². The van der Waals surface area contributed by atoms with Gasteiger partial charge in [0.15, 0.2) is 0 Å². The van der Waals surface area contributed by atoms with Gasteiger partial charge in [-0.05, 0) is 44.7 Å². The molecule has 0 saturated heterocycles. The van der Waals surface area contributed by atoms with Crippen molar-refractivity contribution < 1.29 is 18.0 Å². The van der Waals surface area contributed by atoms with Gasteiger partial charge in [0.25, 0.3) is 5.91 Å². The van der Waals surface area contributed by atoms with E-state index in [4.69, 9.17) is 0 Å². The molecular formula is C16H17F3N4OS2. The Morgan fingerprint density at radius 1 is 1.31 bits per heavy atom. The van der Waals surface area contributed by atoms with E-state index >= 15 is 0 Å². The molecule has 0 bridgehead atoms. The minimum Gasteiger partial charge on any atom is -0.313 e. The van der Waals surface area contributed by atoms with E-state index in [1.807, 2.05) is 13.0 Å². The summed E-state index contributed by atoms with van der Waals surface area (Å²) in [5, 5.41) is 11.2. The largest absolute Gasteiger partial charge is 0.445 e. The Morgan fingerprint density at radius 2 is 2.08 bits per heavy atom. The standard InChI is InChI=1S/C16H17F3N4OS2/c1-7-9(13(24)21-15-23-22-14(26-15)16(17,18)19)5-12(25-7)10-4-11(10)20-6-8-2-3-8/h5,8,10-11,20H,2-4,6H2,1H3,(H,21,23,24). The number of anilines is 1. The summed E-state index contributed by atoms with van der Waals surface area (Å²) in [6.07, 6.45) is -0.859. The molecule has 2 atom stereocenters. The van der Waals surface area contributed by atoms with Crippen LogP contribution in [0.1, 0.15) is 50.3 Å². The second-order valence-electron chi connectivity index (χ2n) is 6.78. The monoisotopic (exact) mass is 402 g/mol. The lowest BCUT2D eigenvalue weighted by Gasteiger charge is -2.01. The summed E-state index contributed by atoms with van der Waals surface area (Å²) in [7, 11) is 0. The van der Waals surface area contributed by atoms with E-state index in [0.29, 0.717) is 28.9 Å². The molecule has 2 aliphatic carbocycles. The van der Waals surface area contributed by atoms with Gasteiger partial charge in [0.1, 0.15) is 0 Å². The smallest absolute Gasteiger partial charge is 0.313 e. The summed E-state index contributed by atoms with van der Waals surface area (Å²) in [5.41, 5.74) is 0.488. The summed E-state index contributed by atoms with van der Waals surface area (Å²) in [5.74, 6) is 0.812. The number of aromatic nitrogens is 2. The highest BCUT2D eigenvalue weighted by atomic mass is 32.1. The zero-order chi connectivity index (χ0) is 18.5. The van der Waals surface area contributed by atoms with Crippen LogP contribution in [-0.2, 0) is 6.18 Å². The number of rotatable bonds is 6. The average molecular weight is 402 g/mol. The number of halogens is 3. The number of thiophene rings is 1. The van der Waals surface area contributed by atoms with Crippen LogP contribution in [0.3, 0.4) is 0 Å². The molecule has 2 aromatic heterocycles. The molecular weight excluding hydrogens is 385 g/mol. The zero-order valence-electron chi connectivity index (χ0n) is 13.9. The fourth-order valence-electron chi connectivity index (χ4n) is 2.84. The normalized spacial score (nSPS) is 22.5. The number of hydrogen-bond donors (Lipinski definition) is 2. The maximum absolute atomic E-state index is 12.6. The van der Waals surface area contributed by atoms with Gasteiger partial charge in [0.2, 0.25) is 10.1 Å². The fraction of sp³-hybridized carbons (Fsp3) is 0.562. The molecule has 0 aromatic carbocycles. The molecule has 10 heteroatoms. The quantitative estimate of drug-likeness (QED) is 0.766. The lowest BCUT2D eigenvalue weighted by molar-refractivity contribution is -0.138. The number of alkyl halides is 3. The van der Waals surface area contributed by atoms with E-state index in [-0.39, 0.29) is 5.13 Å². The van der Waals surface area contributed by atoms with Crippen LogP contribution in [0.5, 0.6) is 0 Å². The van der Waals surface area contributed by atoms with Crippen molar-refractivity contribution in [2.75, 3.05) is 11.9 Å². The van der Waals surface area contributed by atoms with Crippen molar-refractivity contribution in [1.82, 2.24) is 15.5 Å².